The minimum absolute atomic E-state index is 0.0256. The first-order valence-electron chi connectivity index (χ1n) is 9.30. The van der Waals surface area contributed by atoms with E-state index in [0.29, 0.717) is 17.4 Å². The van der Waals surface area contributed by atoms with Crippen molar-refractivity contribution in [2.75, 3.05) is 23.7 Å². The van der Waals surface area contributed by atoms with Crippen molar-refractivity contribution in [3.63, 3.8) is 0 Å². The Labute approximate surface area is 173 Å². The molecule has 1 saturated heterocycles. The predicted octanol–water partition coefficient (Wildman–Crippen LogP) is 2.96. The summed E-state index contributed by atoms with van der Waals surface area (Å²) in [6, 6.07) is 8.89. The predicted molar refractivity (Wildman–Crippen MR) is 107 cm³/mol. The molecule has 2 N–H and O–H groups in total. The molecular formula is C20H21F2N3O4S. The standard InChI is InChI=1S/C20H21F2N3O4S/c1-13(26)23-16-3-5-17(6-4-16)24-20(27)14-8-10-25(11-9-14)30(28,29)19-12-15(21)2-7-18(19)22/h2-7,12,14H,8-11H2,1H3,(H,23,26)(H,24,27). The number of anilines is 2. The maximum Gasteiger partial charge on any atom is 0.246 e. The Kier molecular flexibility index (Phi) is 6.47. The van der Waals surface area contributed by atoms with Gasteiger partial charge in [-0.05, 0) is 55.3 Å². The van der Waals surface area contributed by atoms with Gasteiger partial charge in [0.2, 0.25) is 21.8 Å². The number of carbonyl (C=O) groups is 2. The average Bonchev–Trinajstić information content (AvgIpc) is 2.71. The number of piperidine rings is 1. The topological polar surface area (TPSA) is 95.6 Å². The summed E-state index contributed by atoms with van der Waals surface area (Å²) in [5.74, 6) is -2.72. The number of halogens is 2. The molecular weight excluding hydrogens is 416 g/mol. The molecule has 160 valence electrons. The molecule has 2 aromatic rings. The molecule has 1 aliphatic heterocycles. The zero-order valence-corrected chi connectivity index (χ0v) is 17.0. The van der Waals surface area contributed by atoms with Crippen LogP contribution in [0.25, 0.3) is 0 Å². The maximum atomic E-state index is 13.9. The second kappa shape index (κ2) is 8.88. The number of benzene rings is 2. The minimum atomic E-state index is -4.19. The molecule has 1 heterocycles. The van der Waals surface area contributed by atoms with Crippen molar-refractivity contribution in [2.24, 2.45) is 5.92 Å². The lowest BCUT2D eigenvalue weighted by molar-refractivity contribution is -0.121. The van der Waals surface area contributed by atoms with Gasteiger partial charge in [0.1, 0.15) is 16.5 Å². The number of carbonyl (C=O) groups excluding carboxylic acids is 2. The second-order valence-electron chi connectivity index (χ2n) is 7.00. The fourth-order valence-electron chi connectivity index (χ4n) is 3.26. The fraction of sp³-hybridized carbons (Fsp3) is 0.300. The number of nitrogens with zero attached hydrogens (tertiary/aromatic N) is 1. The van der Waals surface area contributed by atoms with Crippen LogP contribution in [-0.2, 0) is 19.6 Å². The van der Waals surface area contributed by atoms with Crippen molar-refractivity contribution in [2.45, 2.75) is 24.7 Å². The van der Waals surface area contributed by atoms with Crippen LogP contribution >= 0.6 is 0 Å². The molecule has 2 amide bonds. The summed E-state index contributed by atoms with van der Waals surface area (Å²) in [6.07, 6.45) is 0.512. The molecule has 0 radical (unpaired) electrons. The SMILES string of the molecule is CC(=O)Nc1ccc(NC(=O)C2CCN(S(=O)(=O)c3cc(F)ccc3F)CC2)cc1. The van der Waals surface area contributed by atoms with Crippen molar-refractivity contribution in [1.29, 1.82) is 0 Å². The number of nitrogens with one attached hydrogen (secondary N) is 2. The van der Waals surface area contributed by atoms with E-state index >= 15 is 0 Å². The van der Waals surface area contributed by atoms with E-state index in [4.69, 9.17) is 0 Å². The van der Waals surface area contributed by atoms with Crippen LogP contribution in [0.4, 0.5) is 20.2 Å². The van der Waals surface area contributed by atoms with Gasteiger partial charge in [-0.25, -0.2) is 17.2 Å². The van der Waals surface area contributed by atoms with Gasteiger partial charge < -0.3 is 10.6 Å². The molecule has 0 saturated carbocycles. The molecule has 2 aromatic carbocycles. The molecule has 3 rings (SSSR count). The molecule has 7 nitrogen and oxygen atoms in total. The molecule has 10 heteroatoms. The maximum absolute atomic E-state index is 13.9. The van der Waals surface area contributed by atoms with E-state index in [1.54, 1.807) is 24.3 Å². The lowest BCUT2D eigenvalue weighted by Crippen LogP contribution is -2.41. The second-order valence-corrected chi connectivity index (χ2v) is 8.91. The molecule has 0 bridgehead atoms. The van der Waals surface area contributed by atoms with Crippen molar-refractivity contribution < 1.29 is 26.8 Å². The molecule has 1 aliphatic rings. The van der Waals surface area contributed by atoms with E-state index in [9.17, 15) is 26.8 Å². The molecule has 1 fully saturated rings. The summed E-state index contributed by atoms with van der Waals surface area (Å²) < 4.78 is 53.6. The monoisotopic (exact) mass is 437 g/mol. The summed E-state index contributed by atoms with van der Waals surface area (Å²) in [7, 11) is -4.19. The van der Waals surface area contributed by atoms with Crippen LogP contribution < -0.4 is 10.6 Å². The average molecular weight is 437 g/mol. The number of rotatable bonds is 5. The normalized spacial score (nSPS) is 15.6. The highest BCUT2D eigenvalue weighted by molar-refractivity contribution is 7.89. The van der Waals surface area contributed by atoms with E-state index in [0.717, 1.165) is 16.4 Å². The molecule has 30 heavy (non-hydrogen) atoms. The Morgan fingerprint density at radius 1 is 0.967 bits per heavy atom. The Hall–Kier alpha value is -2.85. The lowest BCUT2D eigenvalue weighted by atomic mass is 9.97. The highest BCUT2D eigenvalue weighted by atomic mass is 32.2. The van der Waals surface area contributed by atoms with Crippen LogP contribution in [-0.4, -0.2) is 37.6 Å². The molecule has 0 unspecified atom stereocenters. The van der Waals surface area contributed by atoms with Crippen LogP contribution in [0.1, 0.15) is 19.8 Å². The Morgan fingerprint density at radius 3 is 2.10 bits per heavy atom. The van der Waals surface area contributed by atoms with Gasteiger partial charge in [0.15, 0.2) is 0 Å². The van der Waals surface area contributed by atoms with Crippen LogP contribution in [0.15, 0.2) is 47.4 Å². The van der Waals surface area contributed by atoms with Gasteiger partial charge in [0.25, 0.3) is 0 Å². The van der Waals surface area contributed by atoms with Gasteiger partial charge in [-0.1, -0.05) is 0 Å². The third-order valence-electron chi connectivity index (χ3n) is 4.81. The molecule has 0 atom stereocenters. The summed E-state index contributed by atoms with van der Waals surface area (Å²) in [5, 5.41) is 5.39. The molecule has 0 aliphatic carbocycles. The first-order valence-corrected chi connectivity index (χ1v) is 10.7. The first-order chi connectivity index (χ1) is 14.2. The zero-order valence-electron chi connectivity index (χ0n) is 16.2. The number of hydrogen-bond acceptors (Lipinski definition) is 4. The fourth-order valence-corrected chi connectivity index (χ4v) is 4.80. The third kappa shape index (κ3) is 5.00. The van der Waals surface area contributed by atoms with Crippen LogP contribution in [0, 0.1) is 17.6 Å². The van der Waals surface area contributed by atoms with Gasteiger partial charge in [-0.2, -0.15) is 4.31 Å². The van der Waals surface area contributed by atoms with E-state index in [1.165, 1.54) is 6.92 Å². The Bertz CT molecular complexity index is 1050. The smallest absolute Gasteiger partial charge is 0.246 e. The summed E-state index contributed by atoms with van der Waals surface area (Å²) in [6.45, 7) is 1.45. The van der Waals surface area contributed by atoms with Gasteiger partial charge in [0.05, 0.1) is 0 Å². The Balaban J connectivity index is 1.60. The van der Waals surface area contributed by atoms with Gasteiger partial charge in [0, 0.05) is 37.3 Å². The summed E-state index contributed by atoms with van der Waals surface area (Å²) in [4.78, 5) is 22.8. The van der Waals surface area contributed by atoms with Crippen molar-refractivity contribution in [3.05, 3.63) is 54.1 Å². The summed E-state index contributed by atoms with van der Waals surface area (Å²) >= 11 is 0. The Morgan fingerprint density at radius 2 is 1.53 bits per heavy atom. The van der Waals surface area contributed by atoms with Crippen LogP contribution in [0.5, 0.6) is 0 Å². The van der Waals surface area contributed by atoms with Gasteiger partial charge in [-0.3, -0.25) is 9.59 Å². The highest BCUT2D eigenvalue weighted by Crippen LogP contribution is 2.27. The first kappa shape index (κ1) is 21.8. The largest absolute Gasteiger partial charge is 0.326 e. The van der Waals surface area contributed by atoms with E-state index in [2.05, 4.69) is 10.6 Å². The van der Waals surface area contributed by atoms with Crippen molar-refractivity contribution in [1.82, 2.24) is 4.31 Å². The lowest BCUT2D eigenvalue weighted by Gasteiger charge is -2.30. The van der Waals surface area contributed by atoms with Crippen molar-refractivity contribution in [3.8, 4) is 0 Å². The number of amides is 2. The van der Waals surface area contributed by atoms with Gasteiger partial charge >= 0.3 is 0 Å². The molecule has 0 spiro atoms. The number of hydrogen-bond donors (Lipinski definition) is 2. The van der Waals surface area contributed by atoms with Crippen LogP contribution in [0.2, 0.25) is 0 Å². The zero-order chi connectivity index (χ0) is 21.9. The van der Waals surface area contributed by atoms with Crippen LogP contribution in [0.3, 0.4) is 0 Å². The quantitative estimate of drug-likeness (QED) is 0.752. The summed E-state index contributed by atoms with van der Waals surface area (Å²) in [5.41, 5.74) is 1.15. The van der Waals surface area contributed by atoms with Crippen molar-refractivity contribution >= 4 is 33.2 Å². The third-order valence-corrected chi connectivity index (χ3v) is 6.72. The molecule has 0 aromatic heterocycles. The highest BCUT2D eigenvalue weighted by Gasteiger charge is 2.33. The minimum Gasteiger partial charge on any atom is -0.326 e. The van der Waals surface area contributed by atoms with Gasteiger partial charge in [-0.15, -0.1) is 0 Å². The number of sulfonamides is 1. The van der Waals surface area contributed by atoms with E-state index < -0.39 is 32.5 Å². The van der Waals surface area contributed by atoms with E-state index in [-0.39, 0.29) is 37.7 Å². The van der Waals surface area contributed by atoms with E-state index in [1.807, 2.05) is 0 Å².